The average Bonchev–Trinajstić information content (AvgIpc) is 2.64. The van der Waals surface area contributed by atoms with Crippen molar-refractivity contribution in [2.75, 3.05) is 0 Å². The first-order valence-corrected chi connectivity index (χ1v) is 8.78. The van der Waals surface area contributed by atoms with E-state index in [9.17, 15) is 4.79 Å². The molecule has 0 saturated heterocycles. The lowest BCUT2D eigenvalue weighted by molar-refractivity contribution is -0.142. The molecule has 0 spiro atoms. The topological polar surface area (TPSA) is 48.4 Å². The first-order valence-electron chi connectivity index (χ1n) is 8.78. The third kappa shape index (κ3) is 4.02. The van der Waals surface area contributed by atoms with Crippen LogP contribution in [0.5, 0.6) is 5.75 Å². The molecule has 4 nitrogen and oxygen atoms in total. The first-order chi connectivity index (χ1) is 12.6. The maximum atomic E-state index is 11.3. The van der Waals surface area contributed by atoms with Gasteiger partial charge in [-0.25, -0.2) is 4.98 Å². The summed E-state index contributed by atoms with van der Waals surface area (Å²) in [5, 5.41) is 0.971. The maximum Gasteiger partial charge on any atom is 0.303 e. The van der Waals surface area contributed by atoms with E-state index in [1.165, 1.54) is 6.92 Å². The summed E-state index contributed by atoms with van der Waals surface area (Å²) in [6.45, 7) is 6.22. The number of nitrogens with zero attached hydrogens (tertiary/aromatic N) is 1. The van der Waals surface area contributed by atoms with Crippen molar-refractivity contribution in [1.82, 2.24) is 4.98 Å². The summed E-state index contributed by atoms with van der Waals surface area (Å²) < 4.78 is 11.5. The van der Waals surface area contributed by atoms with Gasteiger partial charge in [-0.1, -0.05) is 56.3 Å². The molecule has 0 N–H and O–H groups in total. The van der Waals surface area contributed by atoms with Crippen LogP contribution in [-0.4, -0.2) is 11.0 Å². The molecule has 0 bridgehead atoms. The smallest absolute Gasteiger partial charge is 0.303 e. The number of ether oxygens (including phenoxy) is 2. The highest BCUT2D eigenvalue weighted by atomic mass is 16.5. The van der Waals surface area contributed by atoms with Crippen molar-refractivity contribution in [3.63, 3.8) is 0 Å². The standard InChI is InChI=1S/C22H23NO3/c1-15(2)21-20(14-25-16(3)24)23-19-12-8-7-11-18(19)22(21)26-13-17-9-5-4-6-10-17/h4-12,15H,13-14H2,1-3H3. The number of hydrogen-bond donors (Lipinski definition) is 0. The highest BCUT2D eigenvalue weighted by Crippen LogP contribution is 2.36. The molecule has 0 saturated carbocycles. The van der Waals surface area contributed by atoms with Gasteiger partial charge in [-0.05, 0) is 23.6 Å². The molecule has 1 heterocycles. The minimum absolute atomic E-state index is 0.148. The molecule has 3 rings (SSSR count). The van der Waals surface area contributed by atoms with E-state index in [1.807, 2.05) is 54.6 Å². The van der Waals surface area contributed by atoms with Crippen LogP contribution in [0.15, 0.2) is 54.6 Å². The molecule has 0 fully saturated rings. The Balaban J connectivity index is 2.07. The number of aromatic nitrogens is 1. The van der Waals surface area contributed by atoms with E-state index in [1.54, 1.807) is 0 Å². The molecular formula is C22H23NO3. The largest absolute Gasteiger partial charge is 0.488 e. The number of carbonyl (C=O) groups is 1. The van der Waals surface area contributed by atoms with Gasteiger partial charge in [-0.15, -0.1) is 0 Å². The van der Waals surface area contributed by atoms with Gasteiger partial charge in [0, 0.05) is 17.9 Å². The fourth-order valence-corrected chi connectivity index (χ4v) is 3.01. The Morgan fingerprint density at radius 1 is 1.00 bits per heavy atom. The summed E-state index contributed by atoms with van der Waals surface area (Å²) in [5.41, 5.74) is 3.67. The molecule has 0 aliphatic rings. The second-order valence-corrected chi connectivity index (χ2v) is 6.53. The summed E-state index contributed by atoms with van der Waals surface area (Å²) >= 11 is 0. The predicted molar refractivity (Wildman–Crippen MR) is 102 cm³/mol. The Morgan fingerprint density at radius 2 is 1.69 bits per heavy atom. The molecule has 0 atom stereocenters. The molecule has 1 aromatic heterocycles. The lowest BCUT2D eigenvalue weighted by Gasteiger charge is -2.20. The predicted octanol–water partition coefficient (Wildman–Crippen LogP) is 5.00. The Morgan fingerprint density at radius 3 is 2.38 bits per heavy atom. The molecule has 0 unspecified atom stereocenters. The van der Waals surface area contributed by atoms with E-state index < -0.39 is 0 Å². The number of rotatable bonds is 6. The van der Waals surface area contributed by atoms with Crippen molar-refractivity contribution in [2.24, 2.45) is 0 Å². The minimum Gasteiger partial charge on any atom is -0.488 e. The quantitative estimate of drug-likeness (QED) is 0.588. The Labute approximate surface area is 153 Å². The van der Waals surface area contributed by atoms with E-state index in [0.29, 0.717) is 6.61 Å². The normalized spacial score (nSPS) is 10.9. The lowest BCUT2D eigenvalue weighted by Crippen LogP contribution is -2.09. The minimum atomic E-state index is -0.318. The number of hydrogen-bond acceptors (Lipinski definition) is 4. The summed E-state index contributed by atoms with van der Waals surface area (Å²) in [5.74, 6) is 0.682. The van der Waals surface area contributed by atoms with Crippen LogP contribution >= 0.6 is 0 Å². The molecule has 4 heteroatoms. The fraction of sp³-hybridized carbons (Fsp3) is 0.273. The molecule has 3 aromatic rings. The first kappa shape index (κ1) is 17.9. The van der Waals surface area contributed by atoms with Gasteiger partial charge < -0.3 is 9.47 Å². The van der Waals surface area contributed by atoms with Gasteiger partial charge in [-0.3, -0.25) is 4.79 Å². The molecule has 0 aliphatic heterocycles. The highest BCUT2D eigenvalue weighted by molar-refractivity contribution is 5.87. The Kier molecular flexibility index (Phi) is 5.52. The van der Waals surface area contributed by atoms with Crippen molar-refractivity contribution in [1.29, 1.82) is 0 Å². The van der Waals surface area contributed by atoms with Crippen molar-refractivity contribution in [2.45, 2.75) is 39.9 Å². The molecule has 0 amide bonds. The Bertz CT molecular complexity index is 904. The van der Waals surface area contributed by atoms with Crippen LogP contribution in [0, 0.1) is 0 Å². The monoisotopic (exact) mass is 349 g/mol. The van der Waals surface area contributed by atoms with Crippen molar-refractivity contribution in [3.8, 4) is 5.75 Å². The van der Waals surface area contributed by atoms with Gasteiger partial charge in [-0.2, -0.15) is 0 Å². The number of fused-ring (bicyclic) bond motifs is 1. The maximum absolute atomic E-state index is 11.3. The number of benzene rings is 2. The number of para-hydroxylation sites is 1. The molecule has 0 radical (unpaired) electrons. The highest BCUT2D eigenvalue weighted by Gasteiger charge is 2.20. The zero-order valence-corrected chi connectivity index (χ0v) is 15.4. The van der Waals surface area contributed by atoms with E-state index in [-0.39, 0.29) is 18.5 Å². The molecule has 134 valence electrons. The van der Waals surface area contributed by atoms with E-state index in [2.05, 4.69) is 13.8 Å². The van der Waals surface area contributed by atoms with Crippen LogP contribution in [-0.2, 0) is 22.7 Å². The second-order valence-electron chi connectivity index (χ2n) is 6.53. The zero-order chi connectivity index (χ0) is 18.5. The number of carbonyl (C=O) groups excluding carboxylic acids is 1. The van der Waals surface area contributed by atoms with Gasteiger partial charge in [0.2, 0.25) is 0 Å². The van der Waals surface area contributed by atoms with Crippen LogP contribution in [0.2, 0.25) is 0 Å². The van der Waals surface area contributed by atoms with Gasteiger partial charge in [0.25, 0.3) is 0 Å². The van der Waals surface area contributed by atoms with Gasteiger partial charge >= 0.3 is 5.97 Å². The third-order valence-electron chi connectivity index (χ3n) is 4.18. The van der Waals surface area contributed by atoms with Gasteiger partial charge in [0.15, 0.2) is 0 Å². The fourth-order valence-electron chi connectivity index (χ4n) is 3.01. The summed E-state index contributed by atoms with van der Waals surface area (Å²) in [4.78, 5) is 16.0. The number of pyridine rings is 1. The van der Waals surface area contributed by atoms with Crippen LogP contribution in [0.3, 0.4) is 0 Å². The third-order valence-corrected chi connectivity index (χ3v) is 4.18. The molecular weight excluding hydrogens is 326 g/mol. The van der Waals surface area contributed by atoms with Crippen LogP contribution < -0.4 is 4.74 Å². The molecule has 26 heavy (non-hydrogen) atoms. The Hall–Kier alpha value is -2.88. The SMILES string of the molecule is CC(=O)OCc1nc2ccccc2c(OCc2ccccc2)c1C(C)C. The molecule has 0 aliphatic carbocycles. The van der Waals surface area contributed by atoms with Crippen molar-refractivity contribution in [3.05, 3.63) is 71.4 Å². The van der Waals surface area contributed by atoms with E-state index >= 15 is 0 Å². The lowest BCUT2D eigenvalue weighted by atomic mass is 9.97. The summed E-state index contributed by atoms with van der Waals surface area (Å²) in [6.07, 6.45) is 0. The van der Waals surface area contributed by atoms with Crippen molar-refractivity contribution >= 4 is 16.9 Å². The van der Waals surface area contributed by atoms with Crippen LogP contribution in [0.4, 0.5) is 0 Å². The molecule has 2 aromatic carbocycles. The summed E-state index contributed by atoms with van der Waals surface area (Å²) in [6, 6.07) is 18.0. The van der Waals surface area contributed by atoms with Crippen molar-refractivity contribution < 1.29 is 14.3 Å². The average molecular weight is 349 g/mol. The van der Waals surface area contributed by atoms with Gasteiger partial charge in [0.05, 0.1) is 11.2 Å². The summed E-state index contributed by atoms with van der Waals surface area (Å²) in [7, 11) is 0. The van der Waals surface area contributed by atoms with Gasteiger partial charge in [0.1, 0.15) is 19.0 Å². The van der Waals surface area contributed by atoms with Crippen LogP contribution in [0.1, 0.15) is 43.5 Å². The number of esters is 1. The zero-order valence-electron chi connectivity index (χ0n) is 15.4. The van der Waals surface area contributed by atoms with Crippen LogP contribution in [0.25, 0.3) is 10.9 Å². The van der Waals surface area contributed by atoms with E-state index in [4.69, 9.17) is 14.5 Å². The second kappa shape index (κ2) is 8.00. The van der Waals surface area contributed by atoms with E-state index in [0.717, 1.165) is 33.5 Å².